The van der Waals surface area contributed by atoms with Crippen LogP contribution in [0.15, 0.2) is 12.4 Å². The van der Waals surface area contributed by atoms with Crippen LogP contribution < -0.4 is 5.32 Å². The molecular formula is C16H28N4. The minimum absolute atomic E-state index is 0.285. The van der Waals surface area contributed by atoms with Crippen LogP contribution in [-0.4, -0.2) is 45.7 Å². The van der Waals surface area contributed by atoms with E-state index >= 15 is 0 Å². The van der Waals surface area contributed by atoms with Gasteiger partial charge in [0.2, 0.25) is 0 Å². The largest absolute Gasteiger partial charge is 0.338 e. The topological polar surface area (TPSA) is 33.1 Å². The summed E-state index contributed by atoms with van der Waals surface area (Å²) in [6.07, 6.45) is 9.06. The maximum absolute atomic E-state index is 4.46. The lowest BCUT2D eigenvalue weighted by molar-refractivity contribution is 0.0733. The smallest absolute Gasteiger partial charge is 0.109 e. The summed E-state index contributed by atoms with van der Waals surface area (Å²) >= 11 is 0. The number of hydrogen-bond donors (Lipinski definition) is 1. The molecule has 4 heteroatoms. The molecule has 0 radical (unpaired) electrons. The Labute approximate surface area is 122 Å². The van der Waals surface area contributed by atoms with E-state index < -0.39 is 0 Å². The number of aryl methyl sites for hydroxylation is 1. The van der Waals surface area contributed by atoms with Crippen molar-refractivity contribution in [3.8, 4) is 0 Å². The number of hydrogen-bond acceptors (Lipinski definition) is 3. The van der Waals surface area contributed by atoms with Crippen LogP contribution in [0.3, 0.4) is 0 Å². The lowest BCUT2D eigenvalue weighted by Gasteiger charge is -2.46. The van der Waals surface area contributed by atoms with E-state index in [-0.39, 0.29) is 5.54 Å². The van der Waals surface area contributed by atoms with Crippen molar-refractivity contribution in [2.24, 2.45) is 13.0 Å². The third-order valence-electron chi connectivity index (χ3n) is 5.25. The zero-order valence-corrected chi connectivity index (χ0v) is 13.1. The SMILES string of the molecule is CCC1(C)CN(CCc2nccn2C)C(C2CC2)CN1. The molecule has 1 aliphatic heterocycles. The molecule has 4 nitrogen and oxygen atoms in total. The van der Waals surface area contributed by atoms with Crippen molar-refractivity contribution in [2.45, 2.75) is 51.1 Å². The van der Waals surface area contributed by atoms with Crippen molar-refractivity contribution < 1.29 is 0 Å². The van der Waals surface area contributed by atoms with Crippen LogP contribution in [0.5, 0.6) is 0 Å². The van der Waals surface area contributed by atoms with Gasteiger partial charge in [-0.2, -0.15) is 0 Å². The minimum atomic E-state index is 0.285. The first-order valence-electron chi connectivity index (χ1n) is 8.06. The molecule has 20 heavy (non-hydrogen) atoms. The highest BCUT2D eigenvalue weighted by Crippen LogP contribution is 2.37. The predicted octanol–water partition coefficient (Wildman–Crippen LogP) is 1.82. The maximum atomic E-state index is 4.46. The molecule has 2 heterocycles. The summed E-state index contributed by atoms with van der Waals surface area (Å²) in [7, 11) is 2.09. The van der Waals surface area contributed by atoms with Gasteiger partial charge in [-0.1, -0.05) is 6.92 Å². The van der Waals surface area contributed by atoms with Gasteiger partial charge >= 0.3 is 0 Å². The molecule has 1 saturated heterocycles. The Morgan fingerprint density at radius 2 is 2.25 bits per heavy atom. The zero-order chi connectivity index (χ0) is 14.2. The van der Waals surface area contributed by atoms with Crippen molar-refractivity contribution >= 4 is 0 Å². The zero-order valence-electron chi connectivity index (χ0n) is 13.1. The standard InChI is InChI=1S/C16H28N4/c1-4-16(2)12-20(14(11-18-16)13-5-6-13)9-7-15-17-8-10-19(15)3/h8,10,13-14,18H,4-7,9,11-12H2,1-3H3. The summed E-state index contributed by atoms with van der Waals surface area (Å²) < 4.78 is 2.15. The molecule has 3 rings (SSSR count). The fourth-order valence-corrected chi connectivity index (χ4v) is 3.41. The molecular weight excluding hydrogens is 248 g/mol. The summed E-state index contributed by atoms with van der Waals surface area (Å²) in [6.45, 7) is 8.14. The third kappa shape index (κ3) is 2.91. The average Bonchev–Trinajstić information content (AvgIpc) is 3.20. The fraction of sp³-hybridized carbons (Fsp3) is 0.812. The molecule has 0 bridgehead atoms. The van der Waals surface area contributed by atoms with E-state index in [2.05, 4.69) is 40.7 Å². The molecule has 2 fully saturated rings. The highest BCUT2D eigenvalue weighted by Gasteiger charge is 2.41. The van der Waals surface area contributed by atoms with Crippen LogP contribution >= 0.6 is 0 Å². The van der Waals surface area contributed by atoms with Gasteiger partial charge in [-0.05, 0) is 32.1 Å². The van der Waals surface area contributed by atoms with Crippen LogP contribution in [-0.2, 0) is 13.5 Å². The van der Waals surface area contributed by atoms with Gasteiger partial charge in [-0.15, -0.1) is 0 Å². The summed E-state index contributed by atoms with van der Waals surface area (Å²) in [5, 5.41) is 3.79. The molecule has 2 atom stereocenters. The molecule has 0 aromatic carbocycles. The molecule has 2 unspecified atom stereocenters. The number of aromatic nitrogens is 2. The predicted molar refractivity (Wildman–Crippen MR) is 81.7 cm³/mol. The number of piperazine rings is 1. The normalized spacial score (nSPS) is 31.6. The van der Waals surface area contributed by atoms with Crippen LogP contribution in [0.2, 0.25) is 0 Å². The number of imidazole rings is 1. The highest BCUT2D eigenvalue weighted by molar-refractivity contribution is 5.01. The van der Waals surface area contributed by atoms with Gasteiger partial charge in [0.05, 0.1) is 0 Å². The van der Waals surface area contributed by atoms with E-state index in [4.69, 9.17) is 0 Å². The van der Waals surface area contributed by atoms with Crippen molar-refractivity contribution in [2.75, 3.05) is 19.6 Å². The molecule has 1 aliphatic carbocycles. The molecule has 1 saturated carbocycles. The van der Waals surface area contributed by atoms with Crippen LogP contribution in [0.1, 0.15) is 38.9 Å². The first-order valence-corrected chi connectivity index (χ1v) is 8.06. The Balaban J connectivity index is 1.65. The third-order valence-corrected chi connectivity index (χ3v) is 5.25. The van der Waals surface area contributed by atoms with Crippen LogP contribution in [0, 0.1) is 5.92 Å². The number of rotatable bonds is 5. The molecule has 2 aliphatic rings. The van der Waals surface area contributed by atoms with Crippen molar-refractivity contribution in [1.82, 2.24) is 19.8 Å². The van der Waals surface area contributed by atoms with E-state index in [0.29, 0.717) is 0 Å². The second-order valence-electron chi connectivity index (χ2n) is 6.87. The molecule has 1 aromatic heterocycles. The fourth-order valence-electron chi connectivity index (χ4n) is 3.41. The Kier molecular flexibility index (Phi) is 3.87. The molecule has 0 amide bonds. The first-order chi connectivity index (χ1) is 9.61. The summed E-state index contributed by atoms with van der Waals surface area (Å²) in [4.78, 5) is 7.19. The van der Waals surface area contributed by atoms with Gasteiger partial charge in [-0.25, -0.2) is 4.98 Å². The summed E-state index contributed by atoms with van der Waals surface area (Å²) in [5.41, 5.74) is 0.285. The van der Waals surface area contributed by atoms with Gasteiger partial charge in [0, 0.05) is 57.1 Å². The Bertz CT molecular complexity index is 451. The Morgan fingerprint density at radius 3 is 2.85 bits per heavy atom. The van der Waals surface area contributed by atoms with Crippen molar-refractivity contribution in [1.29, 1.82) is 0 Å². The lowest BCUT2D eigenvalue weighted by atomic mass is 9.92. The summed E-state index contributed by atoms with van der Waals surface area (Å²) in [5.74, 6) is 2.14. The molecule has 0 spiro atoms. The minimum Gasteiger partial charge on any atom is -0.338 e. The Hall–Kier alpha value is -0.870. The van der Waals surface area contributed by atoms with Gasteiger partial charge in [0.15, 0.2) is 0 Å². The van der Waals surface area contributed by atoms with Gasteiger partial charge < -0.3 is 9.88 Å². The van der Waals surface area contributed by atoms with Gasteiger partial charge in [-0.3, -0.25) is 4.90 Å². The molecule has 1 N–H and O–H groups in total. The van der Waals surface area contributed by atoms with E-state index in [1.807, 2.05) is 12.4 Å². The maximum Gasteiger partial charge on any atom is 0.109 e. The van der Waals surface area contributed by atoms with Crippen molar-refractivity contribution in [3.63, 3.8) is 0 Å². The van der Waals surface area contributed by atoms with Crippen LogP contribution in [0.25, 0.3) is 0 Å². The second kappa shape index (κ2) is 5.49. The number of nitrogens with zero attached hydrogens (tertiary/aromatic N) is 3. The van der Waals surface area contributed by atoms with E-state index in [9.17, 15) is 0 Å². The first kappa shape index (κ1) is 14.1. The highest BCUT2D eigenvalue weighted by atomic mass is 15.3. The molecule has 1 aromatic rings. The van der Waals surface area contributed by atoms with Gasteiger partial charge in [0.1, 0.15) is 5.82 Å². The van der Waals surface area contributed by atoms with E-state index in [1.165, 1.54) is 31.6 Å². The monoisotopic (exact) mass is 276 g/mol. The molecule has 112 valence electrons. The Morgan fingerprint density at radius 1 is 1.45 bits per heavy atom. The van der Waals surface area contributed by atoms with E-state index in [1.54, 1.807) is 0 Å². The van der Waals surface area contributed by atoms with E-state index in [0.717, 1.165) is 31.5 Å². The average molecular weight is 276 g/mol. The van der Waals surface area contributed by atoms with Crippen molar-refractivity contribution in [3.05, 3.63) is 18.2 Å². The van der Waals surface area contributed by atoms with Gasteiger partial charge in [0.25, 0.3) is 0 Å². The number of nitrogens with one attached hydrogen (secondary N) is 1. The second-order valence-corrected chi connectivity index (χ2v) is 6.87. The quantitative estimate of drug-likeness (QED) is 0.890. The lowest BCUT2D eigenvalue weighted by Crippen LogP contribution is -2.63. The summed E-state index contributed by atoms with van der Waals surface area (Å²) in [6, 6.07) is 0.745. The van der Waals surface area contributed by atoms with Crippen LogP contribution in [0.4, 0.5) is 0 Å².